The number of aliphatic hydroxyl groups excluding tert-OH is 1. The van der Waals surface area contributed by atoms with E-state index in [9.17, 15) is 23.1 Å². The van der Waals surface area contributed by atoms with Crippen molar-refractivity contribution in [3.63, 3.8) is 0 Å². The third kappa shape index (κ3) is 6.46. The van der Waals surface area contributed by atoms with Crippen molar-refractivity contribution in [1.29, 1.82) is 0 Å². The maximum atomic E-state index is 13.0. The molecule has 6 atom stereocenters. The molecule has 10 heteroatoms. The minimum atomic E-state index is -4.19. The number of alkyl halides is 3. The zero-order valence-corrected chi connectivity index (χ0v) is 18.4. The smallest absolute Gasteiger partial charge is 0.390 e. The van der Waals surface area contributed by atoms with E-state index in [1.165, 1.54) is 0 Å². The number of piperazine rings is 1. The highest BCUT2D eigenvalue weighted by atomic mass is 19.4. The molecule has 6 unspecified atom stereocenters. The topological polar surface area (TPSA) is 74.3 Å². The monoisotopic (exact) mass is 451 g/mol. The lowest BCUT2D eigenvalue weighted by Gasteiger charge is -2.42. The summed E-state index contributed by atoms with van der Waals surface area (Å²) in [5, 5.41) is 13.2. The summed E-state index contributed by atoms with van der Waals surface area (Å²) in [4.78, 5) is 16.5. The molecule has 180 valence electrons. The van der Waals surface area contributed by atoms with Crippen molar-refractivity contribution < 1.29 is 32.5 Å². The number of ether oxygens (including phenoxy) is 2. The lowest BCUT2D eigenvalue weighted by Crippen LogP contribution is -2.55. The van der Waals surface area contributed by atoms with Crippen molar-refractivity contribution in [3.05, 3.63) is 0 Å². The Kier molecular flexibility index (Phi) is 8.45. The second kappa shape index (κ2) is 10.7. The van der Waals surface area contributed by atoms with Crippen molar-refractivity contribution in [2.45, 2.75) is 69.1 Å². The second-order valence-electron chi connectivity index (χ2n) is 9.22. The molecule has 7 nitrogen and oxygen atoms in total. The number of urea groups is 1. The number of methoxy groups -OCH3 is 2. The summed E-state index contributed by atoms with van der Waals surface area (Å²) in [7, 11) is 3.22. The van der Waals surface area contributed by atoms with E-state index in [1.54, 1.807) is 19.1 Å². The molecule has 31 heavy (non-hydrogen) atoms. The molecule has 2 aliphatic carbocycles. The predicted octanol–water partition coefficient (Wildman–Crippen LogP) is 2.24. The lowest BCUT2D eigenvalue weighted by molar-refractivity contribution is -0.183. The first-order valence-electron chi connectivity index (χ1n) is 11.3. The van der Waals surface area contributed by atoms with Gasteiger partial charge in [0, 0.05) is 53.0 Å². The molecule has 0 radical (unpaired) electrons. The third-order valence-corrected chi connectivity index (χ3v) is 7.10. The Hall–Kier alpha value is -1.10. The summed E-state index contributed by atoms with van der Waals surface area (Å²) < 4.78 is 49.9. The van der Waals surface area contributed by atoms with Crippen molar-refractivity contribution in [2.75, 3.05) is 46.9 Å². The van der Waals surface area contributed by atoms with Gasteiger partial charge in [-0.3, -0.25) is 4.90 Å². The first kappa shape index (κ1) is 24.5. The Morgan fingerprint density at radius 1 is 1.06 bits per heavy atom. The van der Waals surface area contributed by atoms with Crippen LogP contribution in [-0.2, 0) is 9.47 Å². The Balaban J connectivity index is 1.42. The van der Waals surface area contributed by atoms with Crippen LogP contribution in [0.2, 0.25) is 0 Å². The van der Waals surface area contributed by atoms with Gasteiger partial charge < -0.3 is 24.8 Å². The van der Waals surface area contributed by atoms with Gasteiger partial charge in [-0.1, -0.05) is 6.42 Å². The first-order valence-corrected chi connectivity index (χ1v) is 11.3. The fraction of sp³-hybridized carbons (Fsp3) is 0.952. The van der Waals surface area contributed by atoms with E-state index in [-0.39, 0.29) is 37.0 Å². The van der Waals surface area contributed by atoms with Crippen molar-refractivity contribution in [3.8, 4) is 0 Å². The van der Waals surface area contributed by atoms with Crippen molar-refractivity contribution >= 4 is 6.03 Å². The van der Waals surface area contributed by atoms with Crippen LogP contribution in [0.5, 0.6) is 0 Å². The van der Waals surface area contributed by atoms with E-state index in [2.05, 4.69) is 10.2 Å². The standard InChI is InChI=1S/C21H36F3N3O4/c1-30-18-11-14(10-17(28)19(18)31-2)13-26-6-8-27(9-7-26)20(29)25-16-5-3-4-15(12-16)21(22,23)24/h14-19,28H,3-13H2,1-2H3,(H,25,29). The number of nitrogens with one attached hydrogen (secondary N) is 1. The van der Waals surface area contributed by atoms with E-state index >= 15 is 0 Å². The van der Waals surface area contributed by atoms with Crippen LogP contribution in [-0.4, -0.2) is 98.4 Å². The Morgan fingerprint density at radius 2 is 1.77 bits per heavy atom. The third-order valence-electron chi connectivity index (χ3n) is 7.10. The number of hydrogen-bond donors (Lipinski definition) is 2. The van der Waals surface area contributed by atoms with Gasteiger partial charge in [0.2, 0.25) is 0 Å². The molecule has 1 saturated heterocycles. The molecule has 2 amide bonds. The molecule has 1 heterocycles. The zero-order chi connectivity index (χ0) is 22.6. The Morgan fingerprint density at radius 3 is 2.39 bits per heavy atom. The van der Waals surface area contributed by atoms with Gasteiger partial charge in [-0.05, 0) is 38.0 Å². The molecule has 3 rings (SSSR count). The van der Waals surface area contributed by atoms with E-state index in [0.29, 0.717) is 45.4 Å². The fourth-order valence-corrected chi connectivity index (χ4v) is 5.35. The zero-order valence-electron chi connectivity index (χ0n) is 18.4. The summed E-state index contributed by atoms with van der Waals surface area (Å²) in [5.41, 5.74) is 0. The number of carbonyl (C=O) groups is 1. The van der Waals surface area contributed by atoms with Crippen molar-refractivity contribution in [1.82, 2.24) is 15.1 Å². The van der Waals surface area contributed by atoms with Gasteiger partial charge in [0.15, 0.2) is 0 Å². The minimum Gasteiger partial charge on any atom is -0.390 e. The van der Waals surface area contributed by atoms with Crippen molar-refractivity contribution in [2.24, 2.45) is 11.8 Å². The summed E-state index contributed by atoms with van der Waals surface area (Å²) in [6, 6.07) is -0.669. The number of halogens is 3. The van der Waals surface area contributed by atoms with Gasteiger partial charge >= 0.3 is 12.2 Å². The SMILES string of the molecule is COC1CC(CN2CCN(C(=O)NC3CCCC(C(F)(F)F)C3)CC2)CC(O)C1OC. The van der Waals surface area contributed by atoms with Gasteiger partial charge in [0.25, 0.3) is 0 Å². The van der Waals surface area contributed by atoms with Crippen LogP contribution >= 0.6 is 0 Å². The summed E-state index contributed by atoms with van der Waals surface area (Å²) >= 11 is 0. The maximum Gasteiger partial charge on any atom is 0.391 e. The van der Waals surface area contributed by atoms with Crippen LogP contribution in [0.25, 0.3) is 0 Å². The van der Waals surface area contributed by atoms with Gasteiger partial charge in [0.05, 0.1) is 18.1 Å². The van der Waals surface area contributed by atoms with E-state index in [0.717, 1.165) is 13.0 Å². The number of amides is 2. The number of aliphatic hydroxyl groups is 1. The van der Waals surface area contributed by atoms with Gasteiger partial charge in [0.1, 0.15) is 6.10 Å². The number of carbonyl (C=O) groups excluding carboxylic acids is 1. The highest BCUT2D eigenvalue weighted by molar-refractivity contribution is 5.74. The molecular weight excluding hydrogens is 415 g/mol. The van der Waals surface area contributed by atoms with Gasteiger partial charge in [-0.2, -0.15) is 13.2 Å². The van der Waals surface area contributed by atoms with Crippen LogP contribution in [0.1, 0.15) is 38.5 Å². The summed E-state index contributed by atoms with van der Waals surface area (Å²) in [6.45, 7) is 3.33. The van der Waals surface area contributed by atoms with Gasteiger partial charge in [-0.25, -0.2) is 4.79 Å². The highest BCUT2D eigenvalue weighted by Gasteiger charge is 2.43. The number of rotatable bonds is 5. The highest BCUT2D eigenvalue weighted by Crippen LogP contribution is 2.37. The molecule has 0 aromatic carbocycles. The number of hydrogen-bond acceptors (Lipinski definition) is 5. The molecule has 3 fully saturated rings. The lowest BCUT2D eigenvalue weighted by atomic mass is 9.82. The average Bonchev–Trinajstić information content (AvgIpc) is 2.73. The normalized spacial score (nSPS) is 35.7. The van der Waals surface area contributed by atoms with E-state index in [4.69, 9.17) is 9.47 Å². The van der Waals surface area contributed by atoms with E-state index < -0.39 is 24.2 Å². The molecule has 3 aliphatic rings. The van der Waals surface area contributed by atoms with Crippen LogP contribution in [0.3, 0.4) is 0 Å². The molecule has 0 aromatic rings. The average molecular weight is 452 g/mol. The largest absolute Gasteiger partial charge is 0.391 e. The predicted molar refractivity (Wildman–Crippen MR) is 109 cm³/mol. The van der Waals surface area contributed by atoms with Gasteiger partial charge in [-0.15, -0.1) is 0 Å². The molecule has 2 N–H and O–H groups in total. The van der Waals surface area contributed by atoms with Crippen LogP contribution in [0.15, 0.2) is 0 Å². The Bertz CT molecular complexity index is 587. The molecule has 0 aromatic heterocycles. The Labute approximate surface area is 182 Å². The van der Waals surface area contributed by atoms with E-state index in [1.807, 2.05) is 0 Å². The van der Waals surface area contributed by atoms with Crippen LogP contribution in [0, 0.1) is 11.8 Å². The molecule has 0 spiro atoms. The molecule has 1 aliphatic heterocycles. The molecular formula is C21H36F3N3O4. The summed E-state index contributed by atoms with van der Waals surface area (Å²) in [6.07, 6.45) is -2.50. The number of nitrogens with zero attached hydrogens (tertiary/aromatic N) is 2. The minimum absolute atomic E-state index is 0.0255. The summed E-state index contributed by atoms with van der Waals surface area (Å²) in [5.74, 6) is -1.03. The van der Waals surface area contributed by atoms with Crippen LogP contribution in [0.4, 0.5) is 18.0 Å². The molecule has 2 saturated carbocycles. The fourth-order valence-electron chi connectivity index (χ4n) is 5.35. The maximum absolute atomic E-state index is 13.0. The van der Waals surface area contributed by atoms with Crippen LogP contribution < -0.4 is 5.32 Å². The second-order valence-corrected chi connectivity index (χ2v) is 9.22. The quantitative estimate of drug-likeness (QED) is 0.671. The molecule has 0 bridgehead atoms. The first-order chi connectivity index (χ1) is 14.7.